The number of ether oxygens (including phenoxy) is 2. The van der Waals surface area contributed by atoms with Crippen LogP contribution in [0.25, 0.3) is 0 Å². The fourth-order valence-electron chi connectivity index (χ4n) is 2.10. The predicted octanol–water partition coefficient (Wildman–Crippen LogP) is 3.75. The van der Waals surface area contributed by atoms with Crippen LogP contribution in [0.4, 0.5) is 5.69 Å². The minimum atomic E-state index is 0.0646. The van der Waals surface area contributed by atoms with Crippen LogP contribution in [-0.2, 0) is 0 Å². The Hall–Kier alpha value is -2.20. The first-order valence-electron chi connectivity index (χ1n) is 6.65. The molecule has 1 heterocycles. The number of Topliss-reactive ketones (excluding diaryl/α,β-unsaturated/α-hetero) is 1. The highest BCUT2D eigenvalue weighted by molar-refractivity contribution is 6.30. The molecule has 1 aliphatic rings. The second-order valence-corrected chi connectivity index (χ2v) is 5.11. The predicted molar refractivity (Wildman–Crippen MR) is 81.5 cm³/mol. The number of carbonyl (C=O) groups is 1. The lowest BCUT2D eigenvalue weighted by molar-refractivity contribution is 0.0986. The van der Waals surface area contributed by atoms with Crippen LogP contribution in [0.15, 0.2) is 42.5 Å². The lowest BCUT2D eigenvalue weighted by Gasteiger charge is -2.06. The summed E-state index contributed by atoms with van der Waals surface area (Å²) in [6, 6.07) is 12.6. The molecule has 0 atom stereocenters. The molecule has 0 aromatic heterocycles. The second-order valence-electron chi connectivity index (χ2n) is 4.67. The van der Waals surface area contributed by atoms with Crippen molar-refractivity contribution in [2.45, 2.75) is 6.42 Å². The summed E-state index contributed by atoms with van der Waals surface area (Å²) in [6.45, 7) is 0.778. The summed E-state index contributed by atoms with van der Waals surface area (Å²) in [5, 5.41) is 3.88. The first-order valence-corrected chi connectivity index (χ1v) is 7.02. The third kappa shape index (κ3) is 3.28. The van der Waals surface area contributed by atoms with Crippen LogP contribution < -0.4 is 14.8 Å². The highest BCUT2D eigenvalue weighted by Gasteiger charge is 2.15. The molecule has 5 heteroatoms. The smallest absolute Gasteiger partial charge is 0.231 e. The van der Waals surface area contributed by atoms with E-state index in [1.807, 2.05) is 24.3 Å². The van der Waals surface area contributed by atoms with Crippen molar-refractivity contribution in [1.29, 1.82) is 0 Å². The molecule has 21 heavy (non-hydrogen) atoms. The molecule has 0 bridgehead atoms. The fourth-order valence-corrected chi connectivity index (χ4v) is 2.23. The molecule has 0 amide bonds. The molecule has 2 aromatic carbocycles. The topological polar surface area (TPSA) is 47.6 Å². The molecular weight excluding hydrogens is 290 g/mol. The Morgan fingerprint density at radius 3 is 2.67 bits per heavy atom. The van der Waals surface area contributed by atoms with Gasteiger partial charge in [0.1, 0.15) is 0 Å². The first-order chi connectivity index (χ1) is 10.2. The van der Waals surface area contributed by atoms with Gasteiger partial charge in [0, 0.05) is 29.2 Å². The van der Waals surface area contributed by atoms with E-state index in [1.165, 1.54) is 0 Å². The van der Waals surface area contributed by atoms with Crippen molar-refractivity contribution in [3.63, 3.8) is 0 Å². The maximum absolute atomic E-state index is 12.1. The van der Waals surface area contributed by atoms with Gasteiger partial charge in [0.15, 0.2) is 17.3 Å². The van der Waals surface area contributed by atoms with Crippen molar-refractivity contribution in [2.24, 2.45) is 0 Å². The van der Waals surface area contributed by atoms with Crippen LogP contribution >= 0.6 is 11.6 Å². The summed E-state index contributed by atoms with van der Waals surface area (Å²) >= 11 is 5.82. The van der Waals surface area contributed by atoms with E-state index in [0.29, 0.717) is 35.1 Å². The SMILES string of the molecule is O=C(CCNc1ccc(Cl)cc1)c1ccc2c(c1)OCO2. The van der Waals surface area contributed by atoms with Crippen molar-refractivity contribution in [3.05, 3.63) is 53.1 Å². The Morgan fingerprint density at radius 1 is 1.10 bits per heavy atom. The van der Waals surface area contributed by atoms with E-state index in [1.54, 1.807) is 18.2 Å². The highest BCUT2D eigenvalue weighted by Crippen LogP contribution is 2.32. The standard InChI is InChI=1S/C16H14ClNO3/c17-12-2-4-13(5-3-12)18-8-7-14(19)11-1-6-15-16(9-11)21-10-20-15/h1-6,9,18H,7-8,10H2. The number of halogens is 1. The fraction of sp³-hybridized carbons (Fsp3) is 0.188. The van der Waals surface area contributed by atoms with Gasteiger partial charge < -0.3 is 14.8 Å². The van der Waals surface area contributed by atoms with Crippen molar-refractivity contribution in [2.75, 3.05) is 18.7 Å². The maximum atomic E-state index is 12.1. The van der Waals surface area contributed by atoms with Crippen molar-refractivity contribution in [1.82, 2.24) is 0 Å². The van der Waals surface area contributed by atoms with Gasteiger partial charge in [-0.1, -0.05) is 11.6 Å². The average Bonchev–Trinajstić information content (AvgIpc) is 2.96. The van der Waals surface area contributed by atoms with Gasteiger partial charge in [-0.2, -0.15) is 0 Å². The van der Waals surface area contributed by atoms with Gasteiger partial charge in [0.25, 0.3) is 0 Å². The summed E-state index contributed by atoms with van der Waals surface area (Å²) < 4.78 is 10.5. The number of anilines is 1. The number of fused-ring (bicyclic) bond motifs is 1. The van der Waals surface area contributed by atoms with Gasteiger partial charge in [-0.3, -0.25) is 4.79 Å². The molecule has 0 unspecified atom stereocenters. The number of carbonyl (C=O) groups excluding carboxylic acids is 1. The molecule has 2 aromatic rings. The Labute approximate surface area is 127 Å². The van der Waals surface area contributed by atoms with Crippen LogP contribution in [0.2, 0.25) is 5.02 Å². The summed E-state index contributed by atoms with van der Waals surface area (Å²) in [5.41, 5.74) is 1.58. The van der Waals surface area contributed by atoms with Gasteiger partial charge in [-0.15, -0.1) is 0 Å². The van der Waals surface area contributed by atoms with E-state index in [-0.39, 0.29) is 12.6 Å². The van der Waals surface area contributed by atoms with Crippen molar-refractivity contribution >= 4 is 23.1 Å². The van der Waals surface area contributed by atoms with E-state index >= 15 is 0 Å². The summed E-state index contributed by atoms with van der Waals surface area (Å²) in [4.78, 5) is 12.1. The number of hydrogen-bond donors (Lipinski definition) is 1. The third-order valence-electron chi connectivity index (χ3n) is 3.22. The summed E-state index contributed by atoms with van der Waals surface area (Å²) in [6.07, 6.45) is 0.405. The van der Waals surface area contributed by atoms with Crippen molar-refractivity contribution in [3.8, 4) is 11.5 Å². The number of nitrogens with one attached hydrogen (secondary N) is 1. The quantitative estimate of drug-likeness (QED) is 0.855. The molecule has 0 aliphatic carbocycles. The molecule has 0 fully saturated rings. The van der Waals surface area contributed by atoms with Gasteiger partial charge in [-0.05, 0) is 42.5 Å². The Balaban J connectivity index is 1.55. The Bertz CT molecular complexity index is 655. The number of rotatable bonds is 5. The summed E-state index contributed by atoms with van der Waals surface area (Å²) in [7, 11) is 0. The van der Waals surface area contributed by atoms with Crippen molar-refractivity contribution < 1.29 is 14.3 Å². The van der Waals surface area contributed by atoms with E-state index in [9.17, 15) is 4.79 Å². The van der Waals surface area contributed by atoms with Gasteiger partial charge >= 0.3 is 0 Å². The normalized spacial score (nSPS) is 12.2. The van der Waals surface area contributed by atoms with Gasteiger partial charge in [-0.25, -0.2) is 0 Å². The van der Waals surface area contributed by atoms with E-state index in [2.05, 4.69) is 5.32 Å². The van der Waals surface area contributed by atoms with E-state index < -0.39 is 0 Å². The first kappa shape index (κ1) is 13.8. The molecule has 0 saturated heterocycles. The molecule has 4 nitrogen and oxygen atoms in total. The molecule has 1 aliphatic heterocycles. The Kier molecular flexibility index (Phi) is 3.97. The lowest BCUT2D eigenvalue weighted by atomic mass is 10.1. The van der Waals surface area contributed by atoms with Crippen LogP contribution in [0.1, 0.15) is 16.8 Å². The van der Waals surface area contributed by atoms with Gasteiger partial charge in [0.05, 0.1) is 0 Å². The maximum Gasteiger partial charge on any atom is 0.231 e. The second kappa shape index (κ2) is 6.06. The summed E-state index contributed by atoms with van der Waals surface area (Å²) in [5.74, 6) is 1.38. The zero-order valence-corrected chi connectivity index (χ0v) is 12.0. The minimum absolute atomic E-state index is 0.0646. The number of ketones is 1. The van der Waals surface area contributed by atoms with Crippen LogP contribution in [0.3, 0.4) is 0 Å². The Morgan fingerprint density at radius 2 is 1.86 bits per heavy atom. The van der Waals surface area contributed by atoms with Crippen LogP contribution in [-0.4, -0.2) is 19.1 Å². The zero-order chi connectivity index (χ0) is 14.7. The zero-order valence-electron chi connectivity index (χ0n) is 11.3. The lowest BCUT2D eigenvalue weighted by Crippen LogP contribution is -2.08. The molecule has 1 N–H and O–H groups in total. The number of benzene rings is 2. The minimum Gasteiger partial charge on any atom is -0.454 e. The largest absolute Gasteiger partial charge is 0.454 e. The number of hydrogen-bond acceptors (Lipinski definition) is 4. The molecule has 0 saturated carbocycles. The molecule has 108 valence electrons. The molecule has 0 radical (unpaired) electrons. The van der Waals surface area contributed by atoms with Crippen LogP contribution in [0, 0.1) is 0 Å². The van der Waals surface area contributed by atoms with E-state index in [4.69, 9.17) is 21.1 Å². The van der Waals surface area contributed by atoms with Gasteiger partial charge in [0.2, 0.25) is 6.79 Å². The third-order valence-corrected chi connectivity index (χ3v) is 3.47. The monoisotopic (exact) mass is 303 g/mol. The molecule has 3 rings (SSSR count). The van der Waals surface area contributed by atoms with Crippen LogP contribution in [0.5, 0.6) is 11.5 Å². The van der Waals surface area contributed by atoms with E-state index in [0.717, 1.165) is 5.69 Å². The average molecular weight is 304 g/mol. The molecule has 0 spiro atoms. The highest BCUT2D eigenvalue weighted by atomic mass is 35.5. The molecular formula is C16H14ClNO3.